The smallest absolute Gasteiger partial charge is 0.225 e. The van der Waals surface area contributed by atoms with E-state index in [-0.39, 0.29) is 0 Å². The molecule has 0 aliphatic heterocycles. The maximum Gasteiger partial charge on any atom is 0.225 e. The average Bonchev–Trinajstić information content (AvgIpc) is 3.43. The fraction of sp³-hybridized carbons (Fsp3) is 0.136. The Kier molecular flexibility index (Phi) is 6.56. The van der Waals surface area contributed by atoms with Gasteiger partial charge in [-0.15, -0.1) is 11.3 Å². The van der Waals surface area contributed by atoms with E-state index >= 15 is 0 Å². The number of hydrogen-bond donors (Lipinski definition) is 5. The monoisotopic (exact) mass is 433 g/mol. The summed E-state index contributed by atoms with van der Waals surface area (Å²) in [5.74, 6) is 1.30. The van der Waals surface area contributed by atoms with Gasteiger partial charge in [0.05, 0.1) is 15.9 Å². The predicted octanol–water partition coefficient (Wildman–Crippen LogP) is 4.60. The molecular weight excluding hydrogens is 410 g/mol. The highest BCUT2D eigenvalue weighted by molar-refractivity contribution is 7.17. The molecule has 5 N–H and O–H groups in total. The minimum absolute atomic E-state index is 0.546. The van der Waals surface area contributed by atoms with Crippen LogP contribution in [0.25, 0.3) is 16.3 Å². The lowest BCUT2D eigenvalue weighted by Gasteiger charge is -2.11. The van der Waals surface area contributed by atoms with E-state index in [1.165, 1.54) is 0 Å². The van der Waals surface area contributed by atoms with Gasteiger partial charge in [-0.1, -0.05) is 24.3 Å². The highest BCUT2D eigenvalue weighted by Crippen LogP contribution is 2.28. The summed E-state index contributed by atoms with van der Waals surface area (Å²) < 4.78 is 0.995. The van der Waals surface area contributed by atoms with Crippen molar-refractivity contribution in [1.82, 2.24) is 25.6 Å². The Morgan fingerprint density at radius 2 is 2.23 bits per heavy atom. The van der Waals surface area contributed by atoms with Crippen LogP contribution in [0.3, 0.4) is 0 Å². The van der Waals surface area contributed by atoms with Gasteiger partial charge in [-0.25, -0.2) is 4.98 Å². The number of aromatic amines is 1. The number of allylic oxidation sites excluding steroid dienone is 5. The molecule has 0 fully saturated rings. The average molecular weight is 434 g/mol. The van der Waals surface area contributed by atoms with Crippen molar-refractivity contribution in [2.24, 2.45) is 0 Å². The van der Waals surface area contributed by atoms with Crippen LogP contribution in [0, 0.1) is 0 Å². The van der Waals surface area contributed by atoms with Crippen LogP contribution in [-0.2, 0) is 0 Å². The number of aromatic nitrogens is 4. The molecule has 8 nitrogen and oxygen atoms in total. The fourth-order valence-corrected chi connectivity index (χ4v) is 3.74. The SMILES string of the molecule is C/C=C(\C=C/c1ccn[nH]1)Nc1nc(NCC2=CC=C(NO)CC=C2)nc2ccsc12. The molecular formula is C22H23N7OS. The zero-order valence-electron chi connectivity index (χ0n) is 17.0. The molecule has 1 aliphatic carbocycles. The van der Waals surface area contributed by atoms with Crippen LogP contribution in [0.4, 0.5) is 11.8 Å². The van der Waals surface area contributed by atoms with Crippen molar-refractivity contribution >= 4 is 39.4 Å². The minimum atomic E-state index is 0.546. The van der Waals surface area contributed by atoms with Crippen molar-refractivity contribution in [3.63, 3.8) is 0 Å². The Balaban J connectivity index is 1.52. The summed E-state index contributed by atoms with van der Waals surface area (Å²) in [4.78, 5) is 9.34. The molecule has 0 aromatic carbocycles. The first-order chi connectivity index (χ1) is 15.2. The lowest BCUT2D eigenvalue weighted by atomic mass is 10.2. The van der Waals surface area contributed by atoms with Gasteiger partial charge in [0.25, 0.3) is 0 Å². The van der Waals surface area contributed by atoms with Crippen LogP contribution in [0.15, 0.2) is 77.1 Å². The summed E-state index contributed by atoms with van der Waals surface area (Å²) in [5, 5.41) is 24.7. The van der Waals surface area contributed by atoms with Gasteiger partial charge in [0.2, 0.25) is 5.95 Å². The Morgan fingerprint density at radius 3 is 3.03 bits per heavy atom. The minimum Gasteiger partial charge on any atom is -0.350 e. The Hall–Kier alpha value is -3.69. The molecule has 31 heavy (non-hydrogen) atoms. The van der Waals surface area contributed by atoms with Crippen LogP contribution < -0.4 is 16.1 Å². The van der Waals surface area contributed by atoms with Crippen molar-refractivity contribution in [2.75, 3.05) is 17.2 Å². The molecule has 158 valence electrons. The van der Waals surface area contributed by atoms with E-state index in [0.717, 1.165) is 38.7 Å². The van der Waals surface area contributed by atoms with Gasteiger partial charge in [-0.05, 0) is 48.2 Å². The highest BCUT2D eigenvalue weighted by atomic mass is 32.1. The Morgan fingerprint density at radius 1 is 1.29 bits per heavy atom. The molecule has 3 aromatic rings. The number of nitrogens with one attached hydrogen (secondary N) is 4. The molecule has 0 atom stereocenters. The lowest BCUT2D eigenvalue weighted by Crippen LogP contribution is -2.09. The first-order valence-electron chi connectivity index (χ1n) is 9.81. The summed E-state index contributed by atoms with van der Waals surface area (Å²) >= 11 is 1.60. The molecule has 0 radical (unpaired) electrons. The van der Waals surface area contributed by atoms with Crippen molar-refractivity contribution in [3.05, 3.63) is 82.8 Å². The second-order valence-electron chi connectivity index (χ2n) is 6.75. The van der Waals surface area contributed by atoms with Gasteiger partial charge in [0, 0.05) is 30.6 Å². The van der Waals surface area contributed by atoms with Crippen LogP contribution in [0.5, 0.6) is 0 Å². The molecule has 3 heterocycles. The van der Waals surface area contributed by atoms with E-state index in [1.807, 2.05) is 67.0 Å². The van der Waals surface area contributed by atoms with E-state index in [9.17, 15) is 0 Å². The van der Waals surface area contributed by atoms with Gasteiger partial charge >= 0.3 is 0 Å². The third-order valence-corrected chi connectivity index (χ3v) is 5.51. The zero-order valence-corrected chi connectivity index (χ0v) is 17.8. The number of hydrogen-bond acceptors (Lipinski definition) is 8. The predicted molar refractivity (Wildman–Crippen MR) is 126 cm³/mol. The third kappa shape index (κ3) is 5.27. The van der Waals surface area contributed by atoms with Crippen molar-refractivity contribution in [1.29, 1.82) is 0 Å². The molecule has 0 amide bonds. The first kappa shape index (κ1) is 20.6. The molecule has 9 heteroatoms. The second kappa shape index (κ2) is 9.88. The normalized spacial score (nSPS) is 14.5. The van der Waals surface area contributed by atoms with E-state index in [0.29, 0.717) is 18.9 Å². The second-order valence-corrected chi connectivity index (χ2v) is 7.67. The molecule has 1 aliphatic rings. The molecule has 3 aromatic heterocycles. The number of rotatable bonds is 8. The number of nitrogens with zero attached hydrogens (tertiary/aromatic N) is 3. The van der Waals surface area contributed by atoms with E-state index in [2.05, 4.69) is 31.3 Å². The topological polar surface area (TPSA) is 111 Å². The molecule has 0 saturated heterocycles. The number of thiophene rings is 1. The van der Waals surface area contributed by atoms with Crippen molar-refractivity contribution in [2.45, 2.75) is 13.3 Å². The van der Waals surface area contributed by atoms with Crippen molar-refractivity contribution in [3.8, 4) is 0 Å². The Bertz CT molecular complexity index is 1190. The zero-order chi connectivity index (χ0) is 21.5. The van der Waals surface area contributed by atoms with Gasteiger partial charge in [-0.2, -0.15) is 10.1 Å². The van der Waals surface area contributed by atoms with Gasteiger partial charge in [0.1, 0.15) is 0 Å². The van der Waals surface area contributed by atoms with Crippen LogP contribution in [-0.4, -0.2) is 31.9 Å². The quantitative estimate of drug-likeness (QED) is 0.261. The fourth-order valence-electron chi connectivity index (χ4n) is 2.96. The summed E-state index contributed by atoms with van der Waals surface area (Å²) in [7, 11) is 0. The largest absolute Gasteiger partial charge is 0.350 e. The third-order valence-electron chi connectivity index (χ3n) is 4.60. The molecule has 0 saturated carbocycles. The van der Waals surface area contributed by atoms with Crippen molar-refractivity contribution < 1.29 is 5.21 Å². The Labute approximate surface area is 183 Å². The van der Waals surface area contributed by atoms with E-state index in [1.54, 1.807) is 17.5 Å². The number of anilines is 2. The lowest BCUT2D eigenvalue weighted by molar-refractivity contribution is 0.198. The van der Waals surface area contributed by atoms with Gasteiger partial charge in [0.15, 0.2) is 5.82 Å². The van der Waals surface area contributed by atoms with Crippen LogP contribution >= 0.6 is 11.3 Å². The number of H-pyrrole nitrogens is 1. The number of fused-ring (bicyclic) bond motifs is 1. The van der Waals surface area contributed by atoms with E-state index < -0.39 is 0 Å². The maximum atomic E-state index is 9.07. The summed E-state index contributed by atoms with van der Waals surface area (Å²) in [6.07, 6.45) is 16.1. The van der Waals surface area contributed by atoms with Crippen LogP contribution in [0.2, 0.25) is 0 Å². The molecule has 0 unspecified atom stereocenters. The molecule has 4 rings (SSSR count). The number of hydroxylamine groups is 1. The summed E-state index contributed by atoms with van der Waals surface area (Å²) in [5.41, 5.74) is 6.73. The van der Waals surface area contributed by atoms with Crippen LogP contribution in [0.1, 0.15) is 19.0 Å². The van der Waals surface area contributed by atoms with Gasteiger partial charge in [-0.3, -0.25) is 15.8 Å². The first-order valence-corrected chi connectivity index (χ1v) is 10.7. The van der Waals surface area contributed by atoms with Gasteiger partial charge < -0.3 is 10.6 Å². The molecule has 0 bridgehead atoms. The molecule has 0 spiro atoms. The highest BCUT2D eigenvalue weighted by Gasteiger charge is 2.10. The maximum absolute atomic E-state index is 9.07. The van der Waals surface area contributed by atoms with E-state index in [4.69, 9.17) is 10.2 Å². The summed E-state index contributed by atoms with van der Waals surface area (Å²) in [6.45, 7) is 2.54. The standard InChI is InChI=1S/C22H23N7OS/c1-2-16(8-9-17-10-12-24-28-17)25-21-20-19(11-13-31-20)26-22(27-21)23-14-15-4-3-5-18(29-30)7-6-15/h2-4,6-13,29-30H,5,14H2,1H3,(H,24,28)(H2,23,25,26,27)/b9-8-,16-2+. The summed E-state index contributed by atoms with van der Waals surface area (Å²) in [6, 6.07) is 3.89.